The number of nitrogens with zero attached hydrogens (tertiary/aromatic N) is 6. The van der Waals surface area contributed by atoms with E-state index in [2.05, 4.69) is 10.2 Å². The van der Waals surface area contributed by atoms with Crippen LogP contribution in [0.2, 0.25) is 0 Å². The first kappa shape index (κ1) is 13.1. The number of benzene rings is 1. The Morgan fingerprint density at radius 1 is 1.29 bits per heavy atom. The highest BCUT2D eigenvalue weighted by molar-refractivity contribution is 5.51. The Balaban J connectivity index is 2.01. The van der Waals surface area contributed by atoms with Gasteiger partial charge >= 0.3 is 0 Å². The molecular weight excluding hydrogens is 272 g/mol. The van der Waals surface area contributed by atoms with Crippen molar-refractivity contribution < 1.29 is 4.92 Å². The number of hydrogen-bond acceptors (Lipinski definition) is 6. The summed E-state index contributed by atoms with van der Waals surface area (Å²) in [6.07, 6.45) is 2.13. The maximum absolute atomic E-state index is 10.8. The van der Waals surface area contributed by atoms with Crippen molar-refractivity contribution in [3.63, 3.8) is 0 Å². The van der Waals surface area contributed by atoms with Gasteiger partial charge in [-0.3, -0.25) is 10.1 Å². The molecule has 2 aromatic rings. The lowest BCUT2D eigenvalue weighted by molar-refractivity contribution is -0.384. The van der Waals surface area contributed by atoms with Gasteiger partial charge in [-0.1, -0.05) is 6.07 Å². The van der Waals surface area contributed by atoms with E-state index in [-0.39, 0.29) is 11.4 Å². The third kappa shape index (κ3) is 2.41. The molecule has 1 saturated heterocycles. The lowest BCUT2D eigenvalue weighted by Gasteiger charge is -2.12. The summed E-state index contributed by atoms with van der Waals surface area (Å²) in [5.41, 5.74) is 0.667. The Hall–Kier alpha value is -2.95. The first-order chi connectivity index (χ1) is 10.2. The SMILES string of the molecule is N#Cc1nn(-c2cccc([N+](=O)[O-])c2)nc1N1CCCC1. The van der Waals surface area contributed by atoms with Crippen molar-refractivity contribution in [3.8, 4) is 11.8 Å². The molecule has 0 bridgehead atoms. The molecule has 21 heavy (non-hydrogen) atoms. The van der Waals surface area contributed by atoms with E-state index in [9.17, 15) is 15.4 Å². The molecule has 1 aromatic heterocycles. The molecule has 0 unspecified atom stereocenters. The Morgan fingerprint density at radius 2 is 2.05 bits per heavy atom. The molecule has 1 fully saturated rings. The molecule has 0 radical (unpaired) electrons. The number of hydrogen-bond donors (Lipinski definition) is 0. The zero-order valence-electron chi connectivity index (χ0n) is 11.1. The van der Waals surface area contributed by atoms with Crippen molar-refractivity contribution in [1.29, 1.82) is 5.26 Å². The number of anilines is 1. The van der Waals surface area contributed by atoms with E-state index in [4.69, 9.17) is 0 Å². The van der Waals surface area contributed by atoms with Gasteiger partial charge in [-0.25, -0.2) is 0 Å². The molecule has 0 saturated carbocycles. The Kier molecular flexibility index (Phi) is 3.23. The van der Waals surface area contributed by atoms with Crippen LogP contribution in [0.15, 0.2) is 24.3 Å². The molecule has 3 rings (SSSR count). The molecular formula is C13H12N6O2. The van der Waals surface area contributed by atoms with Gasteiger partial charge in [0, 0.05) is 25.2 Å². The van der Waals surface area contributed by atoms with E-state index >= 15 is 0 Å². The van der Waals surface area contributed by atoms with Crippen LogP contribution >= 0.6 is 0 Å². The summed E-state index contributed by atoms with van der Waals surface area (Å²) in [4.78, 5) is 13.6. The molecule has 8 nitrogen and oxygen atoms in total. The van der Waals surface area contributed by atoms with Crippen LogP contribution in [0.1, 0.15) is 18.5 Å². The third-order valence-electron chi connectivity index (χ3n) is 3.38. The minimum Gasteiger partial charge on any atom is -0.353 e. The first-order valence-corrected chi connectivity index (χ1v) is 6.56. The van der Waals surface area contributed by atoms with Crippen LogP contribution in [0.25, 0.3) is 5.69 Å². The van der Waals surface area contributed by atoms with Crippen molar-refractivity contribution in [3.05, 3.63) is 40.1 Å². The van der Waals surface area contributed by atoms with Gasteiger partial charge in [0.25, 0.3) is 5.69 Å². The highest BCUT2D eigenvalue weighted by atomic mass is 16.6. The minimum absolute atomic E-state index is 0.0361. The number of nitriles is 1. The van der Waals surface area contributed by atoms with Gasteiger partial charge in [0.1, 0.15) is 6.07 Å². The molecule has 0 atom stereocenters. The molecule has 106 valence electrons. The van der Waals surface area contributed by atoms with E-state index in [0.29, 0.717) is 11.5 Å². The predicted molar refractivity (Wildman–Crippen MR) is 74.2 cm³/mol. The fraction of sp³-hybridized carbons (Fsp3) is 0.308. The second kappa shape index (κ2) is 5.20. The van der Waals surface area contributed by atoms with Gasteiger partial charge in [-0.15, -0.1) is 15.0 Å². The monoisotopic (exact) mass is 284 g/mol. The summed E-state index contributed by atoms with van der Waals surface area (Å²) in [7, 11) is 0. The van der Waals surface area contributed by atoms with Crippen molar-refractivity contribution in [2.24, 2.45) is 0 Å². The van der Waals surface area contributed by atoms with Gasteiger partial charge < -0.3 is 4.90 Å². The summed E-state index contributed by atoms with van der Waals surface area (Å²) >= 11 is 0. The molecule has 1 aliphatic rings. The quantitative estimate of drug-likeness (QED) is 0.627. The van der Waals surface area contributed by atoms with Crippen LogP contribution in [0, 0.1) is 21.4 Å². The highest BCUT2D eigenvalue weighted by Crippen LogP contribution is 2.22. The van der Waals surface area contributed by atoms with Crippen LogP contribution in [-0.4, -0.2) is 33.0 Å². The average molecular weight is 284 g/mol. The topological polar surface area (TPSA) is 101 Å². The Morgan fingerprint density at radius 3 is 2.71 bits per heavy atom. The van der Waals surface area contributed by atoms with E-state index in [1.807, 2.05) is 11.0 Å². The summed E-state index contributed by atoms with van der Waals surface area (Å²) in [5, 5.41) is 28.4. The van der Waals surface area contributed by atoms with Crippen LogP contribution < -0.4 is 4.90 Å². The second-order valence-corrected chi connectivity index (χ2v) is 4.74. The molecule has 0 N–H and O–H groups in total. The molecule has 0 spiro atoms. The summed E-state index contributed by atoms with van der Waals surface area (Å²) in [5.74, 6) is 0.543. The van der Waals surface area contributed by atoms with Crippen LogP contribution in [0.4, 0.5) is 11.5 Å². The van der Waals surface area contributed by atoms with E-state index in [1.165, 1.54) is 16.9 Å². The first-order valence-electron chi connectivity index (χ1n) is 6.56. The second-order valence-electron chi connectivity index (χ2n) is 4.74. The fourth-order valence-electron chi connectivity index (χ4n) is 2.36. The normalized spacial score (nSPS) is 14.1. The smallest absolute Gasteiger partial charge is 0.271 e. The number of nitro benzene ring substituents is 1. The molecule has 1 aliphatic heterocycles. The number of non-ortho nitro benzene ring substituents is 1. The third-order valence-corrected chi connectivity index (χ3v) is 3.38. The van der Waals surface area contributed by atoms with E-state index in [0.717, 1.165) is 25.9 Å². The summed E-state index contributed by atoms with van der Waals surface area (Å²) in [6.45, 7) is 1.70. The zero-order valence-corrected chi connectivity index (χ0v) is 11.1. The van der Waals surface area contributed by atoms with Crippen molar-refractivity contribution >= 4 is 11.5 Å². The van der Waals surface area contributed by atoms with E-state index < -0.39 is 4.92 Å². The maximum atomic E-state index is 10.8. The molecule has 0 amide bonds. The fourth-order valence-corrected chi connectivity index (χ4v) is 2.36. The molecule has 2 heterocycles. The number of aromatic nitrogens is 3. The zero-order chi connectivity index (χ0) is 14.8. The lowest BCUT2D eigenvalue weighted by atomic mass is 10.3. The predicted octanol–water partition coefficient (Wildman–Crippen LogP) is 1.65. The van der Waals surface area contributed by atoms with Crippen LogP contribution in [-0.2, 0) is 0 Å². The van der Waals surface area contributed by atoms with Gasteiger partial charge in [-0.2, -0.15) is 5.26 Å². The van der Waals surface area contributed by atoms with Crippen molar-refractivity contribution in [1.82, 2.24) is 15.0 Å². The summed E-state index contributed by atoms with van der Waals surface area (Å²) in [6, 6.07) is 8.05. The van der Waals surface area contributed by atoms with Gasteiger partial charge in [0.05, 0.1) is 10.6 Å². The average Bonchev–Trinajstić information content (AvgIpc) is 3.16. The number of nitro groups is 1. The van der Waals surface area contributed by atoms with Crippen LogP contribution in [0.5, 0.6) is 0 Å². The highest BCUT2D eigenvalue weighted by Gasteiger charge is 2.21. The number of rotatable bonds is 3. The molecule has 0 aliphatic carbocycles. The van der Waals surface area contributed by atoms with Gasteiger partial charge in [0.2, 0.25) is 5.69 Å². The molecule has 8 heteroatoms. The maximum Gasteiger partial charge on any atom is 0.271 e. The van der Waals surface area contributed by atoms with Crippen LogP contribution in [0.3, 0.4) is 0 Å². The summed E-state index contributed by atoms with van der Waals surface area (Å²) < 4.78 is 0. The lowest BCUT2D eigenvalue weighted by Crippen LogP contribution is -2.19. The van der Waals surface area contributed by atoms with Crippen molar-refractivity contribution in [2.75, 3.05) is 18.0 Å². The largest absolute Gasteiger partial charge is 0.353 e. The van der Waals surface area contributed by atoms with Gasteiger partial charge in [0.15, 0.2) is 5.82 Å². The van der Waals surface area contributed by atoms with E-state index in [1.54, 1.807) is 12.1 Å². The molecule has 1 aromatic carbocycles. The van der Waals surface area contributed by atoms with Gasteiger partial charge in [-0.05, 0) is 18.9 Å². The Bertz CT molecular complexity index is 727. The van der Waals surface area contributed by atoms with Crippen molar-refractivity contribution in [2.45, 2.75) is 12.8 Å². The standard InChI is InChI=1S/C13H12N6O2/c14-9-12-13(17-6-1-2-7-17)16-18(15-12)10-4-3-5-11(8-10)19(20)21/h3-5,8H,1-2,6-7H2. The Labute approximate surface area is 120 Å². The minimum atomic E-state index is -0.473.